The summed E-state index contributed by atoms with van der Waals surface area (Å²) in [6.45, 7) is 12.3. The number of likely N-dealkylation sites (N-methyl/N-ethyl adjacent to an activating group) is 1. The first kappa shape index (κ1) is 14.5. The second kappa shape index (κ2) is 6.36. The maximum atomic E-state index is 12.1. The molecule has 0 aromatic heterocycles. The number of nitrogens with one attached hydrogen (secondary N) is 2. The summed E-state index contributed by atoms with van der Waals surface area (Å²) in [5.41, 5.74) is -0.350. The van der Waals surface area contributed by atoms with Crippen molar-refractivity contribution in [3.8, 4) is 0 Å². The molecule has 100 valence electrons. The summed E-state index contributed by atoms with van der Waals surface area (Å²) in [4.78, 5) is 14.5. The lowest BCUT2D eigenvalue weighted by Crippen LogP contribution is -2.55. The zero-order valence-corrected chi connectivity index (χ0v) is 11.7. The van der Waals surface area contributed by atoms with Crippen molar-refractivity contribution in [1.29, 1.82) is 0 Å². The van der Waals surface area contributed by atoms with Crippen molar-refractivity contribution >= 4 is 5.91 Å². The van der Waals surface area contributed by atoms with Gasteiger partial charge in [0.2, 0.25) is 5.91 Å². The largest absolute Gasteiger partial charge is 0.351 e. The van der Waals surface area contributed by atoms with E-state index in [9.17, 15) is 4.79 Å². The molecule has 0 aromatic carbocycles. The van der Waals surface area contributed by atoms with Crippen LogP contribution in [0.15, 0.2) is 0 Å². The molecule has 0 aromatic rings. The molecule has 0 spiro atoms. The van der Waals surface area contributed by atoms with Crippen molar-refractivity contribution in [2.75, 3.05) is 26.2 Å². The first-order valence-electron chi connectivity index (χ1n) is 6.80. The number of rotatable bonds is 6. The number of carbonyl (C=O) groups excluding carboxylic acids is 1. The zero-order valence-electron chi connectivity index (χ0n) is 11.7. The average Bonchev–Trinajstić information content (AvgIpc) is 2.74. The van der Waals surface area contributed by atoms with Crippen molar-refractivity contribution in [2.45, 2.75) is 52.1 Å². The van der Waals surface area contributed by atoms with E-state index in [2.05, 4.69) is 36.3 Å². The first-order chi connectivity index (χ1) is 8.01. The molecule has 2 N–H and O–H groups in total. The van der Waals surface area contributed by atoms with E-state index in [-0.39, 0.29) is 17.5 Å². The summed E-state index contributed by atoms with van der Waals surface area (Å²) in [5, 5.41) is 6.41. The van der Waals surface area contributed by atoms with Crippen LogP contribution in [0.25, 0.3) is 0 Å². The highest BCUT2D eigenvalue weighted by Gasteiger charge is 2.36. The van der Waals surface area contributed by atoms with Gasteiger partial charge in [0.15, 0.2) is 0 Å². The number of hydrogen-bond acceptors (Lipinski definition) is 3. The molecule has 0 saturated carbocycles. The number of hydrogen-bond donors (Lipinski definition) is 2. The Hall–Kier alpha value is -0.610. The van der Waals surface area contributed by atoms with Gasteiger partial charge in [-0.2, -0.15) is 0 Å². The summed E-state index contributed by atoms with van der Waals surface area (Å²) in [7, 11) is 0. The van der Waals surface area contributed by atoms with Crippen molar-refractivity contribution in [3.63, 3.8) is 0 Å². The lowest BCUT2D eigenvalue weighted by atomic mass is 9.99. The monoisotopic (exact) mass is 241 g/mol. The lowest BCUT2D eigenvalue weighted by molar-refractivity contribution is -0.127. The van der Waals surface area contributed by atoms with Crippen LogP contribution in [-0.4, -0.2) is 48.6 Å². The van der Waals surface area contributed by atoms with E-state index in [4.69, 9.17) is 0 Å². The standard InChI is InChI=1S/C13H27N3O/c1-5-16(6-2)10-11(3)15-12(17)13(4)8-7-9-14-13/h11,14H,5-10H2,1-4H3,(H,15,17). The highest BCUT2D eigenvalue weighted by atomic mass is 16.2. The second-order valence-electron chi connectivity index (χ2n) is 5.22. The van der Waals surface area contributed by atoms with Gasteiger partial charge in [-0.25, -0.2) is 0 Å². The molecule has 0 bridgehead atoms. The molecule has 1 fully saturated rings. The van der Waals surface area contributed by atoms with Crippen LogP contribution in [0.4, 0.5) is 0 Å². The minimum atomic E-state index is -0.350. The van der Waals surface area contributed by atoms with Crippen molar-refractivity contribution in [3.05, 3.63) is 0 Å². The van der Waals surface area contributed by atoms with Gasteiger partial charge in [0.25, 0.3) is 0 Å². The van der Waals surface area contributed by atoms with Crippen molar-refractivity contribution in [1.82, 2.24) is 15.5 Å². The van der Waals surface area contributed by atoms with Gasteiger partial charge in [-0.05, 0) is 46.3 Å². The van der Waals surface area contributed by atoms with Gasteiger partial charge in [-0.3, -0.25) is 4.79 Å². The summed E-state index contributed by atoms with van der Waals surface area (Å²) in [6.07, 6.45) is 2.03. The topological polar surface area (TPSA) is 44.4 Å². The SMILES string of the molecule is CCN(CC)CC(C)NC(=O)C1(C)CCCN1. The molecule has 1 heterocycles. The van der Waals surface area contributed by atoms with Crippen molar-refractivity contribution in [2.24, 2.45) is 0 Å². The average molecular weight is 241 g/mol. The molecule has 1 aliphatic rings. The highest BCUT2D eigenvalue weighted by molar-refractivity contribution is 5.86. The van der Waals surface area contributed by atoms with Gasteiger partial charge in [-0.15, -0.1) is 0 Å². The fourth-order valence-corrected chi connectivity index (χ4v) is 2.39. The molecule has 1 saturated heterocycles. The predicted octanol–water partition coefficient (Wildman–Crippen LogP) is 0.975. The van der Waals surface area contributed by atoms with Crippen LogP contribution in [-0.2, 0) is 4.79 Å². The third kappa shape index (κ3) is 3.96. The maximum absolute atomic E-state index is 12.1. The Morgan fingerprint density at radius 1 is 1.47 bits per heavy atom. The molecule has 4 heteroatoms. The van der Waals surface area contributed by atoms with E-state index in [1.807, 2.05) is 6.92 Å². The summed E-state index contributed by atoms with van der Waals surface area (Å²) >= 11 is 0. The molecule has 1 amide bonds. The van der Waals surface area contributed by atoms with E-state index in [0.29, 0.717) is 0 Å². The van der Waals surface area contributed by atoms with Crippen LogP contribution in [0.3, 0.4) is 0 Å². The van der Waals surface area contributed by atoms with Crippen LogP contribution < -0.4 is 10.6 Å². The Kier molecular flexibility index (Phi) is 5.40. The maximum Gasteiger partial charge on any atom is 0.240 e. The minimum absolute atomic E-state index is 0.148. The minimum Gasteiger partial charge on any atom is -0.351 e. The quantitative estimate of drug-likeness (QED) is 0.728. The molecular weight excluding hydrogens is 214 g/mol. The molecular formula is C13H27N3O. The summed E-state index contributed by atoms with van der Waals surface area (Å²) < 4.78 is 0. The van der Waals surface area contributed by atoms with Gasteiger partial charge in [0, 0.05) is 12.6 Å². The van der Waals surface area contributed by atoms with E-state index < -0.39 is 0 Å². The molecule has 1 aliphatic heterocycles. The summed E-state index contributed by atoms with van der Waals surface area (Å²) in [6, 6.07) is 0.210. The van der Waals surface area contributed by atoms with Crippen LogP contribution in [0.1, 0.15) is 40.5 Å². The van der Waals surface area contributed by atoms with Crippen LogP contribution in [0, 0.1) is 0 Å². The molecule has 2 unspecified atom stereocenters. The second-order valence-corrected chi connectivity index (χ2v) is 5.22. The molecule has 0 radical (unpaired) electrons. The van der Waals surface area contributed by atoms with Gasteiger partial charge in [0.1, 0.15) is 0 Å². The van der Waals surface area contributed by atoms with E-state index >= 15 is 0 Å². The van der Waals surface area contributed by atoms with Crippen LogP contribution >= 0.6 is 0 Å². The van der Waals surface area contributed by atoms with E-state index in [0.717, 1.165) is 39.0 Å². The van der Waals surface area contributed by atoms with Crippen LogP contribution in [0.2, 0.25) is 0 Å². The smallest absolute Gasteiger partial charge is 0.240 e. The Labute approximate surface area is 105 Å². The lowest BCUT2D eigenvalue weighted by Gasteiger charge is -2.28. The Morgan fingerprint density at radius 2 is 2.12 bits per heavy atom. The Morgan fingerprint density at radius 3 is 2.59 bits per heavy atom. The molecule has 0 aliphatic carbocycles. The first-order valence-corrected chi connectivity index (χ1v) is 6.80. The van der Waals surface area contributed by atoms with Crippen LogP contribution in [0.5, 0.6) is 0 Å². The van der Waals surface area contributed by atoms with E-state index in [1.54, 1.807) is 0 Å². The van der Waals surface area contributed by atoms with Crippen molar-refractivity contribution < 1.29 is 4.79 Å². The molecule has 4 nitrogen and oxygen atoms in total. The Balaban J connectivity index is 2.40. The molecule has 2 atom stereocenters. The van der Waals surface area contributed by atoms with Gasteiger partial charge >= 0.3 is 0 Å². The normalized spacial score (nSPS) is 26.2. The summed E-state index contributed by atoms with van der Waals surface area (Å²) in [5.74, 6) is 0.148. The zero-order chi connectivity index (χ0) is 12.9. The number of amides is 1. The molecule has 17 heavy (non-hydrogen) atoms. The third-order valence-electron chi connectivity index (χ3n) is 3.67. The van der Waals surface area contributed by atoms with Gasteiger partial charge in [0.05, 0.1) is 5.54 Å². The molecule has 1 rings (SSSR count). The third-order valence-corrected chi connectivity index (χ3v) is 3.67. The fourth-order valence-electron chi connectivity index (χ4n) is 2.39. The van der Waals surface area contributed by atoms with E-state index in [1.165, 1.54) is 0 Å². The Bertz CT molecular complexity index is 245. The predicted molar refractivity (Wildman–Crippen MR) is 71.0 cm³/mol. The van der Waals surface area contributed by atoms with Gasteiger partial charge < -0.3 is 15.5 Å². The highest BCUT2D eigenvalue weighted by Crippen LogP contribution is 2.18. The fraction of sp³-hybridized carbons (Fsp3) is 0.923. The number of nitrogens with zero attached hydrogens (tertiary/aromatic N) is 1. The van der Waals surface area contributed by atoms with Gasteiger partial charge in [-0.1, -0.05) is 13.8 Å². The number of carbonyl (C=O) groups is 1.